The van der Waals surface area contributed by atoms with Gasteiger partial charge in [-0.3, -0.25) is 4.79 Å². The van der Waals surface area contributed by atoms with Gasteiger partial charge in [-0.05, 0) is 50.6 Å². The van der Waals surface area contributed by atoms with Crippen molar-refractivity contribution in [2.24, 2.45) is 0 Å². The molecule has 2 aromatic carbocycles. The van der Waals surface area contributed by atoms with Crippen LogP contribution in [-0.4, -0.2) is 25.7 Å². The number of hydrogen-bond acceptors (Lipinski definition) is 4. The van der Waals surface area contributed by atoms with Crippen LogP contribution >= 0.6 is 23.2 Å². The summed E-state index contributed by atoms with van der Waals surface area (Å²) in [5.41, 5.74) is 1.27. The molecule has 0 bridgehead atoms. The number of rotatable bonds is 9. The summed E-state index contributed by atoms with van der Waals surface area (Å²) in [5.74, 6) is 1.20. The van der Waals surface area contributed by atoms with Crippen LogP contribution in [-0.2, 0) is 6.54 Å². The Hall–Kier alpha value is -2.11. The van der Waals surface area contributed by atoms with Crippen molar-refractivity contribution in [1.82, 2.24) is 5.32 Å². The lowest BCUT2D eigenvalue weighted by atomic mass is 10.1. The van der Waals surface area contributed by atoms with Crippen molar-refractivity contribution in [3.63, 3.8) is 0 Å². The van der Waals surface area contributed by atoms with Crippen LogP contribution in [0.25, 0.3) is 0 Å². The molecule has 0 saturated carbocycles. The van der Waals surface area contributed by atoms with Gasteiger partial charge in [-0.15, -0.1) is 0 Å². The largest absolute Gasteiger partial charge is 0.490 e. The predicted octanol–water partition coefficient (Wildman–Crippen LogP) is 5.12. The SMILES string of the molecule is CCOc1cc(C(=O)NCc2ccc(Cl)c(Cl)c2)cc(OCC)c1OCC. The minimum Gasteiger partial charge on any atom is -0.490 e. The van der Waals surface area contributed by atoms with Crippen LogP contribution in [0.3, 0.4) is 0 Å². The summed E-state index contributed by atoms with van der Waals surface area (Å²) in [6, 6.07) is 8.54. The van der Waals surface area contributed by atoms with Gasteiger partial charge in [0, 0.05) is 12.1 Å². The average Bonchev–Trinajstić information content (AvgIpc) is 2.65. The van der Waals surface area contributed by atoms with Gasteiger partial charge < -0.3 is 19.5 Å². The second-order valence-corrected chi connectivity index (χ2v) is 6.35. The molecule has 0 atom stereocenters. The van der Waals surface area contributed by atoms with Crippen molar-refractivity contribution in [3.05, 3.63) is 51.5 Å². The van der Waals surface area contributed by atoms with Crippen LogP contribution in [0, 0.1) is 0 Å². The van der Waals surface area contributed by atoms with E-state index in [1.165, 1.54) is 0 Å². The maximum atomic E-state index is 12.6. The van der Waals surface area contributed by atoms with Crippen molar-refractivity contribution in [1.29, 1.82) is 0 Å². The number of nitrogens with one attached hydrogen (secondary N) is 1. The molecule has 0 aliphatic carbocycles. The quantitative estimate of drug-likeness (QED) is 0.621. The maximum absolute atomic E-state index is 12.6. The number of hydrogen-bond donors (Lipinski definition) is 1. The molecule has 1 N–H and O–H groups in total. The van der Waals surface area contributed by atoms with E-state index in [1.54, 1.807) is 24.3 Å². The number of amides is 1. The Bertz CT molecular complexity index is 769. The zero-order chi connectivity index (χ0) is 19.8. The van der Waals surface area contributed by atoms with E-state index < -0.39 is 0 Å². The van der Waals surface area contributed by atoms with Crippen LogP contribution in [0.5, 0.6) is 17.2 Å². The second-order valence-electron chi connectivity index (χ2n) is 5.53. The molecule has 0 saturated heterocycles. The van der Waals surface area contributed by atoms with Crippen LogP contribution < -0.4 is 19.5 Å². The molecule has 146 valence electrons. The average molecular weight is 412 g/mol. The Kier molecular flexibility index (Phi) is 8.07. The van der Waals surface area contributed by atoms with Gasteiger partial charge in [-0.2, -0.15) is 0 Å². The first-order valence-corrected chi connectivity index (χ1v) is 9.54. The normalized spacial score (nSPS) is 10.4. The van der Waals surface area contributed by atoms with Gasteiger partial charge in [0.05, 0.1) is 29.9 Å². The Morgan fingerprint density at radius 1 is 0.889 bits per heavy atom. The molecule has 5 nitrogen and oxygen atoms in total. The summed E-state index contributed by atoms with van der Waals surface area (Å²) in [4.78, 5) is 12.6. The first kappa shape index (κ1) is 21.2. The first-order chi connectivity index (χ1) is 13.0. The maximum Gasteiger partial charge on any atom is 0.251 e. The van der Waals surface area contributed by atoms with Crippen LogP contribution in [0.1, 0.15) is 36.7 Å². The molecule has 2 rings (SSSR count). The molecule has 7 heteroatoms. The zero-order valence-corrected chi connectivity index (χ0v) is 17.1. The van der Waals surface area contributed by atoms with Gasteiger partial charge >= 0.3 is 0 Å². The summed E-state index contributed by atoms with van der Waals surface area (Å²) in [6.07, 6.45) is 0. The number of benzene rings is 2. The van der Waals surface area contributed by atoms with Crippen molar-refractivity contribution in [2.75, 3.05) is 19.8 Å². The molecule has 0 heterocycles. The summed E-state index contributed by atoms with van der Waals surface area (Å²) >= 11 is 11.9. The third kappa shape index (κ3) is 5.68. The molecule has 2 aromatic rings. The number of carbonyl (C=O) groups is 1. The molecule has 0 spiro atoms. The van der Waals surface area contributed by atoms with E-state index in [4.69, 9.17) is 37.4 Å². The van der Waals surface area contributed by atoms with Gasteiger partial charge in [-0.1, -0.05) is 29.3 Å². The lowest BCUT2D eigenvalue weighted by Gasteiger charge is -2.17. The Labute approximate surface area is 169 Å². The summed E-state index contributed by atoms with van der Waals surface area (Å²) in [6.45, 7) is 7.28. The summed E-state index contributed by atoms with van der Waals surface area (Å²) in [7, 11) is 0. The predicted molar refractivity (Wildman–Crippen MR) is 108 cm³/mol. The number of ether oxygens (including phenoxy) is 3. The highest BCUT2D eigenvalue weighted by molar-refractivity contribution is 6.42. The van der Waals surface area contributed by atoms with Crippen molar-refractivity contribution in [2.45, 2.75) is 27.3 Å². The summed E-state index contributed by atoms with van der Waals surface area (Å²) in [5, 5.41) is 3.78. The topological polar surface area (TPSA) is 56.8 Å². The van der Waals surface area contributed by atoms with Gasteiger partial charge in [0.1, 0.15) is 0 Å². The van der Waals surface area contributed by atoms with E-state index in [1.807, 2.05) is 26.8 Å². The highest BCUT2D eigenvalue weighted by atomic mass is 35.5. The lowest BCUT2D eigenvalue weighted by molar-refractivity contribution is 0.0949. The highest BCUT2D eigenvalue weighted by Crippen LogP contribution is 2.39. The van der Waals surface area contributed by atoms with Gasteiger partial charge in [0.2, 0.25) is 5.75 Å². The van der Waals surface area contributed by atoms with E-state index in [-0.39, 0.29) is 5.91 Å². The Balaban J connectivity index is 2.24. The first-order valence-electron chi connectivity index (χ1n) is 8.78. The molecule has 0 aliphatic rings. The van der Waals surface area contributed by atoms with E-state index in [0.717, 1.165) is 5.56 Å². The minimum atomic E-state index is -0.258. The Morgan fingerprint density at radius 3 is 2.00 bits per heavy atom. The number of halogens is 2. The molecule has 0 aromatic heterocycles. The fraction of sp³-hybridized carbons (Fsp3) is 0.350. The number of carbonyl (C=O) groups excluding carboxylic acids is 1. The van der Waals surface area contributed by atoms with E-state index in [2.05, 4.69) is 5.32 Å². The Morgan fingerprint density at radius 2 is 1.48 bits per heavy atom. The van der Waals surface area contributed by atoms with Crippen LogP contribution in [0.4, 0.5) is 0 Å². The van der Waals surface area contributed by atoms with Gasteiger partial charge in [0.15, 0.2) is 11.5 Å². The molecule has 1 amide bonds. The van der Waals surface area contributed by atoms with E-state index >= 15 is 0 Å². The van der Waals surface area contributed by atoms with Gasteiger partial charge in [-0.25, -0.2) is 0 Å². The molecular weight excluding hydrogens is 389 g/mol. The minimum absolute atomic E-state index is 0.258. The van der Waals surface area contributed by atoms with E-state index in [0.29, 0.717) is 59.2 Å². The molecule has 0 unspecified atom stereocenters. The van der Waals surface area contributed by atoms with Crippen molar-refractivity contribution < 1.29 is 19.0 Å². The molecule has 27 heavy (non-hydrogen) atoms. The highest BCUT2D eigenvalue weighted by Gasteiger charge is 2.18. The molecular formula is C20H23Cl2NO4. The second kappa shape index (κ2) is 10.3. The van der Waals surface area contributed by atoms with Crippen molar-refractivity contribution in [3.8, 4) is 17.2 Å². The van der Waals surface area contributed by atoms with Gasteiger partial charge in [0.25, 0.3) is 5.91 Å². The molecule has 0 aliphatic heterocycles. The van der Waals surface area contributed by atoms with Crippen LogP contribution in [0.2, 0.25) is 10.0 Å². The third-order valence-electron chi connectivity index (χ3n) is 3.61. The molecule has 0 radical (unpaired) electrons. The standard InChI is InChI=1S/C20H23Cl2NO4/c1-4-25-17-10-14(11-18(26-5-2)19(17)27-6-3)20(24)23-12-13-7-8-15(21)16(22)9-13/h7-11H,4-6,12H2,1-3H3,(H,23,24). The van der Waals surface area contributed by atoms with Crippen LogP contribution in [0.15, 0.2) is 30.3 Å². The lowest BCUT2D eigenvalue weighted by Crippen LogP contribution is -2.23. The van der Waals surface area contributed by atoms with E-state index in [9.17, 15) is 4.79 Å². The zero-order valence-electron chi connectivity index (χ0n) is 15.6. The smallest absolute Gasteiger partial charge is 0.251 e. The third-order valence-corrected chi connectivity index (χ3v) is 4.35. The fourth-order valence-electron chi connectivity index (χ4n) is 2.45. The summed E-state index contributed by atoms with van der Waals surface area (Å²) < 4.78 is 16.9. The fourth-order valence-corrected chi connectivity index (χ4v) is 2.77. The van der Waals surface area contributed by atoms with Crippen molar-refractivity contribution >= 4 is 29.1 Å². The monoisotopic (exact) mass is 411 g/mol. The molecule has 0 fully saturated rings.